The lowest BCUT2D eigenvalue weighted by molar-refractivity contribution is -0.139. The Bertz CT molecular complexity index is 768. The van der Waals surface area contributed by atoms with Crippen molar-refractivity contribution in [3.8, 4) is 0 Å². The first-order valence-electron chi connectivity index (χ1n) is 8.32. The molecule has 0 aromatic heterocycles. The van der Waals surface area contributed by atoms with Crippen LogP contribution in [0.25, 0.3) is 0 Å². The van der Waals surface area contributed by atoms with Gasteiger partial charge in [0, 0.05) is 18.4 Å². The number of hydrogen-bond acceptors (Lipinski definition) is 3. The molecular formula is C20H20N2O3. The fourth-order valence-corrected chi connectivity index (χ4v) is 2.85. The second-order valence-corrected chi connectivity index (χ2v) is 6.18. The van der Waals surface area contributed by atoms with Crippen LogP contribution in [0.1, 0.15) is 47.3 Å². The topological polar surface area (TPSA) is 66.5 Å². The first-order valence-corrected chi connectivity index (χ1v) is 8.32. The average molecular weight is 336 g/mol. The fraction of sp³-hybridized carbons (Fsp3) is 0.250. The van der Waals surface area contributed by atoms with Crippen LogP contribution in [0.15, 0.2) is 54.6 Å². The molecule has 3 amide bonds. The van der Waals surface area contributed by atoms with Crippen LogP contribution in [-0.4, -0.2) is 22.6 Å². The van der Waals surface area contributed by atoms with Gasteiger partial charge in [-0.1, -0.05) is 42.5 Å². The van der Waals surface area contributed by atoms with Gasteiger partial charge in [-0.2, -0.15) is 0 Å². The Hall–Kier alpha value is -2.95. The maximum Gasteiger partial charge on any atom is 0.251 e. The molecule has 2 aromatic rings. The average Bonchev–Trinajstić information content (AvgIpc) is 2.95. The van der Waals surface area contributed by atoms with E-state index in [1.165, 1.54) is 4.90 Å². The van der Waals surface area contributed by atoms with Gasteiger partial charge in [-0.05, 0) is 30.2 Å². The molecule has 1 fully saturated rings. The quantitative estimate of drug-likeness (QED) is 0.854. The first-order chi connectivity index (χ1) is 12.0. The van der Waals surface area contributed by atoms with Gasteiger partial charge in [-0.3, -0.25) is 19.3 Å². The van der Waals surface area contributed by atoms with Crippen LogP contribution in [0.3, 0.4) is 0 Å². The Labute approximate surface area is 146 Å². The number of imide groups is 1. The summed E-state index contributed by atoms with van der Waals surface area (Å²) in [5.74, 6) is -0.428. The molecule has 25 heavy (non-hydrogen) atoms. The summed E-state index contributed by atoms with van der Waals surface area (Å²) in [5, 5.41) is 2.96. The van der Waals surface area contributed by atoms with Gasteiger partial charge in [-0.15, -0.1) is 0 Å². The number of rotatable bonds is 5. The molecule has 0 radical (unpaired) electrons. The highest BCUT2D eigenvalue weighted by Gasteiger charge is 2.28. The summed E-state index contributed by atoms with van der Waals surface area (Å²) in [7, 11) is 0. The van der Waals surface area contributed by atoms with Crippen LogP contribution in [-0.2, 0) is 16.1 Å². The van der Waals surface area contributed by atoms with Crippen molar-refractivity contribution in [1.29, 1.82) is 0 Å². The van der Waals surface area contributed by atoms with Crippen molar-refractivity contribution in [3.05, 3.63) is 71.3 Å². The highest BCUT2D eigenvalue weighted by molar-refractivity contribution is 6.01. The van der Waals surface area contributed by atoms with Crippen molar-refractivity contribution in [2.24, 2.45) is 0 Å². The lowest BCUT2D eigenvalue weighted by Gasteiger charge is -2.15. The molecule has 1 saturated heterocycles. The molecule has 1 unspecified atom stereocenters. The van der Waals surface area contributed by atoms with E-state index in [4.69, 9.17) is 0 Å². The van der Waals surface area contributed by atoms with Gasteiger partial charge < -0.3 is 5.32 Å². The Morgan fingerprint density at radius 3 is 2.20 bits per heavy atom. The predicted octanol–water partition coefficient (Wildman–Crippen LogP) is 2.83. The number of benzene rings is 2. The molecule has 0 saturated carbocycles. The smallest absolute Gasteiger partial charge is 0.251 e. The monoisotopic (exact) mass is 336 g/mol. The van der Waals surface area contributed by atoms with Gasteiger partial charge in [0.05, 0.1) is 12.6 Å². The zero-order valence-corrected chi connectivity index (χ0v) is 14.1. The second kappa shape index (κ2) is 7.30. The van der Waals surface area contributed by atoms with Crippen LogP contribution in [0.2, 0.25) is 0 Å². The highest BCUT2D eigenvalue weighted by Crippen LogP contribution is 2.17. The molecule has 1 aliphatic rings. The van der Waals surface area contributed by atoms with Gasteiger partial charge in [0.2, 0.25) is 11.8 Å². The highest BCUT2D eigenvalue weighted by atomic mass is 16.2. The van der Waals surface area contributed by atoms with Gasteiger partial charge in [-0.25, -0.2) is 0 Å². The lowest BCUT2D eigenvalue weighted by atomic mass is 10.1. The molecule has 0 aliphatic carbocycles. The van der Waals surface area contributed by atoms with Gasteiger partial charge in [0.25, 0.3) is 5.91 Å². The van der Waals surface area contributed by atoms with Crippen molar-refractivity contribution < 1.29 is 14.4 Å². The zero-order chi connectivity index (χ0) is 17.8. The third kappa shape index (κ3) is 3.94. The van der Waals surface area contributed by atoms with Gasteiger partial charge >= 0.3 is 0 Å². The van der Waals surface area contributed by atoms with Gasteiger partial charge in [0.15, 0.2) is 0 Å². The molecule has 0 spiro atoms. The lowest BCUT2D eigenvalue weighted by Crippen LogP contribution is -2.28. The van der Waals surface area contributed by atoms with Crippen molar-refractivity contribution in [2.45, 2.75) is 32.4 Å². The molecule has 1 aliphatic heterocycles. The number of amides is 3. The number of nitrogens with one attached hydrogen (secondary N) is 1. The number of likely N-dealkylation sites (tertiary alicyclic amines) is 1. The van der Waals surface area contributed by atoms with Crippen LogP contribution in [0, 0.1) is 0 Å². The van der Waals surface area contributed by atoms with Crippen molar-refractivity contribution >= 4 is 17.7 Å². The van der Waals surface area contributed by atoms with E-state index in [-0.39, 0.29) is 43.1 Å². The number of hydrogen-bond donors (Lipinski definition) is 1. The van der Waals surface area contributed by atoms with E-state index in [9.17, 15) is 14.4 Å². The standard InChI is InChI=1S/C20H20N2O3/c1-14(16-5-3-2-4-6-16)21-20(25)17-9-7-15(8-10-17)13-22-18(23)11-12-19(22)24/h2-10,14H,11-13H2,1H3,(H,21,25). The summed E-state index contributed by atoms with van der Waals surface area (Å²) in [6, 6.07) is 16.7. The number of nitrogens with zero attached hydrogens (tertiary/aromatic N) is 1. The van der Waals surface area contributed by atoms with E-state index in [0.29, 0.717) is 5.56 Å². The van der Waals surface area contributed by atoms with E-state index < -0.39 is 0 Å². The molecule has 5 heteroatoms. The fourth-order valence-electron chi connectivity index (χ4n) is 2.85. The summed E-state index contributed by atoms with van der Waals surface area (Å²) in [6.45, 7) is 2.20. The van der Waals surface area contributed by atoms with Crippen LogP contribution >= 0.6 is 0 Å². The minimum Gasteiger partial charge on any atom is -0.346 e. The van der Waals surface area contributed by atoms with Crippen molar-refractivity contribution in [1.82, 2.24) is 10.2 Å². The maximum absolute atomic E-state index is 12.4. The molecule has 1 N–H and O–H groups in total. The van der Waals surface area contributed by atoms with Gasteiger partial charge in [0.1, 0.15) is 0 Å². The molecule has 1 heterocycles. The number of carbonyl (C=O) groups excluding carboxylic acids is 3. The largest absolute Gasteiger partial charge is 0.346 e. The summed E-state index contributed by atoms with van der Waals surface area (Å²) >= 11 is 0. The molecule has 128 valence electrons. The molecule has 5 nitrogen and oxygen atoms in total. The first kappa shape index (κ1) is 16.9. The zero-order valence-electron chi connectivity index (χ0n) is 14.1. The minimum atomic E-state index is -0.156. The summed E-state index contributed by atoms with van der Waals surface area (Å²) in [6.07, 6.45) is 0.577. The summed E-state index contributed by atoms with van der Waals surface area (Å²) < 4.78 is 0. The van der Waals surface area contributed by atoms with Crippen molar-refractivity contribution in [3.63, 3.8) is 0 Å². The summed E-state index contributed by atoms with van der Waals surface area (Å²) in [5.41, 5.74) is 2.42. The Morgan fingerprint density at radius 2 is 1.60 bits per heavy atom. The Morgan fingerprint density at radius 1 is 1.00 bits per heavy atom. The van der Waals surface area contributed by atoms with E-state index in [1.807, 2.05) is 37.3 Å². The van der Waals surface area contributed by atoms with E-state index in [1.54, 1.807) is 24.3 Å². The normalized spacial score (nSPS) is 15.3. The molecule has 2 aromatic carbocycles. The van der Waals surface area contributed by atoms with Crippen LogP contribution < -0.4 is 5.32 Å². The second-order valence-electron chi connectivity index (χ2n) is 6.18. The van der Waals surface area contributed by atoms with Crippen molar-refractivity contribution in [2.75, 3.05) is 0 Å². The minimum absolute atomic E-state index is 0.0896. The maximum atomic E-state index is 12.4. The summed E-state index contributed by atoms with van der Waals surface area (Å²) in [4.78, 5) is 37.0. The number of carbonyl (C=O) groups is 3. The third-order valence-electron chi connectivity index (χ3n) is 4.36. The van der Waals surface area contributed by atoms with E-state index in [2.05, 4.69) is 5.32 Å². The van der Waals surface area contributed by atoms with Crippen LogP contribution in [0.4, 0.5) is 0 Å². The van der Waals surface area contributed by atoms with E-state index in [0.717, 1.165) is 11.1 Å². The molecule has 3 rings (SSSR count). The Kier molecular flexibility index (Phi) is 4.93. The SMILES string of the molecule is CC(NC(=O)c1ccc(CN2C(=O)CCC2=O)cc1)c1ccccc1. The molecule has 1 atom stereocenters. The van der Waals surface area contributed by atoms with Crippen LogP contribution in [0.5, 0.6) is 0 Å². The van der Waals surface area contributed by atoms with E-state index >= 15 is 0 Å². The molecule has 0 bridgehead atoms. The predicted molar refractivity (Wildman–Crippen MR) is 93.6 cm³/mol. The molecular weight excluding hydrogens is 316 g/mol. The third-order valence-corrected chi connectivity index (χ3v) is 4.36. The Balaban J connectivity index is 1.62.